The number of piperidine rings is 1. The molecule has 0 saturated carbocycles. The third-order valence-electron chi connectivity index (χ3n) is 5.65. The largest absolute Gasteiger partial charge is 0.393 e. The van der Waals surface area contributed by atoms with E-state index in [1.807, 2.05) is 4.90 Å². The fourth-order valence-electron chi connectivity index (χ4n) is 4.04. The smallest absolute Gasteiger partial charge is 0.228 e. The number of hydrogen-bond acceptors (Lipinski definition) is 3. The van der Waals surface area contributed by atoms with Crippen LogP contribution in [0.1, 0.15) is 37.8 Å². The van der Waals surface area contributed by atoms with Crippen molar-refractivity contribution in [2.45, 2.75) is 38.3 Å². The quantitative estimate of drug-likeness (QED) is 0.908. The van der Waals surface area contributed by atoms with Crippen LogP contribution in [0.25, 0.3) is 0 Å². The maximum Gasteiger partial charge on any atom is 0.228 e. The Balaban J connectivity index is 1.76. The zero-order valence-corrected chi connectivity index (χ0v) is 14.7. The Morgan fingerprint density at radius 2 is 1.84 bits per heavy atom. The SMILES string of the molecule is CC(O)C1CCN(C(=O)C2CC(=O)N(C)C2c2ccc(F)cc2)CC1. The van der Waals surface area contributed by atoms with Crippen LogP contribution >= 0.6 is 0 Å². The summed E-state index contributed by atoms with van der Waals surface area (Å²) in [6, 6.07) is 5.67. The first-order valence-electron chi connectivity index (χ1n) is 8.86. The van der Waals surface area contributed by atoms with Gasteiger partial charge < -0.3 is 14.9 Å². The molecule has 2 aliphatic rings. The van der Waals surface area contributed by atoms with Gasteiger partial charge in [0.15, 0.2) is 0 Å². The maximum atomic E-state index is 13.2. The van der Waals surface area contributed by atoms with E-state index >= 15 is 0 Å². The second-order valence-electron chi connectivity index (χ2n) is 7.21. The van der Waals surface area contributed by atoms with Crippen LogP contribution in [0.4, 0.5) is 4.39 Å². The number of rotatable bonds is 3. The summed E-state index contributed by atoms with van der Waals surface area (Å²) in [6.45, 7) is 3.01. The lowest BCUT2D eigenvalue weighted by Crippen LogP contribution is -2.44. The molecule has 0 aliphatic carbocycles. The molecular formula is C19H25FN2O3. The van der Waals surface area contributed by atoms with Gasteiger partial charge in [0.2, 0.25) is 11.8 Å². The fourth-order valence-corrected chi connectivity index (χ4v) is 4.04. The molecule has 136 valence electrons. The van der Waals surface area contributed by atoms with Gasteiger partial charge in [-0.2, -0.15) is 0 Å². The number of benzene rings is 1. The van der Waals surface area contributed by atoms with Gasteiger partial charge in [-0.05, 0) is 43.4 Å². The van der Waals surface area contributed by atoms with E-state index in [9.17, 15) is 19.1 Å². The minimum atomic E-state index is -0.439. The van der Waals surface area contributed by atoms with Gasteiger partial charge in [-0.1, -0.05) is 12.1 Å². The van der Waals surface area contributed by atoms with Crippen molar-refractivity contribution < 1.29 is 19.1 Å². The molecule has 6 heteroatoms. The number of aliphatic hydroxyl groups excluding tert-OH is 1. The first kappa shape index (κ1) is 17.9. The number of likely N-dealkylation sites (tertiary alicyclic amines) is 2. The molecule has 0 spiro atoms. The fraction of sp³-hybridized carbons (Fsp3) is 0.579. The van der Waals surface area contributed by atoms with E-state index in [1.54, 1.807) is 31.0 Å². The summed E-state index contributed by atoms with van der Waals surface area (Å²) < 4.78 is 13.2. The normalized spacial score (nSPS) is 26.2. The Kier molecular flexibility index (Phi) is 5.08. The number of halogens is 1. The van der Waals surface area contributed by atoms with Gasteiger partial charge in [0.1, 0.15) is 5.82 Å². The molecule has 1 aromatic carbocycles. The van der Waals surface area contributed by atoms with Crippen LogP contribution in [0.3, 0.4) is 0 Å². The third-order valence-corrected chi connectivity index (χ3v) is 5.65. The average molecular weight is 348 g/mol. The molecule has 2 fully saturated rings. The van der Waals surface area contributed by atoms with E-state index in [0.29, 0.717) is 13.1 Å². The minimum Gasteiger partial charge on any atom is -0.393 e. The van der Waals surface area contributed by atoms with Crippen LogP contribution in [0.2, 0.25) is 0 Å². The molecule has 2 amide bonds. The van der Waals surface area contributed by atoms with Crippen molar-refractivity contribution in [3.63, 3.8) is 0 Å². The molecule has 3 unspecified atom stereocenters. The molecule has 2 saturated heterocycles. The lowest BCUT2D eigenvalue weighted by molar-refractivity contribution is -0.138. The highest BCUT2D eigenvalue weighted by atomic mass is 19.1. The summed E-state index contributed by atoms with van der Waals surface area (Å²) in [5.41, 5.74) is 0.784. The number of carbonyl (C=O) groups excluding carboxylic acids is 2. The molecule has 1 N–H and O–H groups in total. The molecule has 3 atom stereocenters. The lowest BCUT2D eigenvalue weighted by Gasteiger charge is -2.36. The van der Waals surface area contributed by atoms with Crippen LogP contribution < -0.4 is 0 Å². The Morgan fingerprint density at radius 1 is 1.24 bits per heavy atom. The molecule has 0 radical (unpaired) electrons. The van der Waals surface area contributed by atoms with Gasteiger partial charge in [-0.3, -0.25) is 9.59 Å². The van der Waals surface area contributed by atoms with Crippen LogP contribution in [0.5, 0.6) is 0 Å². The first-order valence-corrected chi connectivity index (χ1v) is 8.86. The number of nitrogens with zero attached hydrogens (tertiary/aromatic N) is 2. The standard InChI is InChI=1S/C19H25FN2O3/c1-12(23)13-7-9-22(10-8-13)19(25)16-11-17(24)21(2)18(16)14-3-5-15(20)6-4-14/h3-6,12-13,16,18,23H,7-11H2,1-2H3. The highest BCUT2D eigenvalue weighted by molar-refractivity contribution is 5.90. The topological polar surface area (TPSA) is 60.9 Å². The van der Waals surface area contributed by atoms with Gasteiger partial charge in [-0.15, -0.1) is 0 Å². The molecule has 25 heavy (non-hydrogen) atoms. The van der Waals surface area contributed by atoms with E-state index < -0.39 is 5.92 Å². The van der Waals surface area contributed by atoms with Crippen molar-refractivity contribution >= 4 is 11.8 Å². The Labute approximate surface area is 147 Å². The van der Waals surface area contributed by atoms with E-state index in [4.69, 9.17) is 0 Å². The Bertz CT molecular complexity index is 639. The number of aliphatic hydroxyl groups is 1. The van der Waals surface area contributed by atoms with Crippen molar-refractivity contribution in [3.8, 4) is 0 Å². The number of hydrogen-bond donors (Lipinski definition) is 1. The number of amides is 2. The van der Waals surface area contributed by atoms with Crippen LogP contribution in [-0.4, -0.2) is 53.0 Å². The van der Waals surface area contributed by atoms with Gasteiger partial charge in [0, 0.05) is 26.6 Å². The lowest BCUT2D eigenvalue weighted by atomic mass is 9.89. The zero-order chi connectivity index (χ0) is 18.1. The summed E-state index contributed by atoms with van der Waals surface area (Å²) in [6.07, 6.45) is 1.39. The second kappa shape index (κ2) is 7.12. The van der Waals surface area contributed by atoms with Crippen molar-refractivity contribution in [3.05, 3.63) is 35.6 Å². The summed E-state index contributed by atoms with van der Waals surface area (Å²) in [7, 11) is 1.70. The van der Waals surface area contributed by atoms with Crippen LogP contribution in [0, 0.1) is 17.7 Å². The summed E-state index contributed by atoms with van der Waals surface area (Å²) in [4.78, 5) is 28.6. The van der Waals surface area contributed by atoms with Crippen molar-refractivity contribution in [1.82, 2.24) is 9.80 Å². The highest BCUT2D eigenvalue weighted by Crippen LogP contribution is 2.38. The Hall–Kier alpha value is -1.95. The van der Waals surface area contributed by atoms with Gasteiger partial charge in [-0.25, -0.2) is 4.39 Å². The second-order valence-corrected chi connectivity index (χ2v) is 7.21. The molecule has 5 nitrogen and oxygen atoms in total. The molecule has 2 heterocycles. The monoisotopic (exact) mass is 348 g/mol. The zero-order valence-electron chi connectivity index (χ0n) is 14.7. The molecule has 1 aromatic rings. The van der Waals surface area contributed by atoms with Crippen LogP contribution in [-0.2, 0) is 9.59 Å². The van der Waals surface area contributed by atoms with Crippen molar-refractivity contribution in [2.24, 2.45) is 11.8 Å². The van der Waals surface area contributed by atoms with E-state index in [0.717, 1.165) is 18.4 Å². The van der Waals surface area contributed by atoms with Gasteiger partial charge >= 0.3 is 0 Å². The van der Waals surface area contributed by atoms with E-state index in [1.165, 1.54) is 12.1 Å². The average Bonchev–Trinajstić information content (AvgIpc) is 2.90. The van der Waals surface area contributed by atoms with E-state index in [-0.39, 0.29) is 42.1 Å². The predicted octanol–water partition coefficient (Wildman–Crippen LogP) is 1.96. The summed E-state index contributed by atoms with van der Waals surface area (Å²) in [5.74, 6) is -0.628. The summed E-state index contributed by atoms with van der Waals surface area (Å²) in [5, 5.41) is 9.71. The maximum absolute atomic E-state index is 13.2. The third kappa shape index (κ3) is 3.54. The first-order chi connectivity index (χ1) is 11.9. The van der Waals surface area contributed by atoms with Gasteiger partial charge in [0.05, 0.1) is 18.1 Å². The Morgan fingerprint density at radius 3 is 2.40 bits per heavy atom. The predicted molar refractivity (Wildman–Crippen MR) is 91.0 cm³/mol. The van der Waals surface area contributed by atoms with Crippen molar-refractivity contribution in [2.75, 3.05) is 20.1 Å². The minimum absolute atomic E-state index is 0.0175. The summed E-state index contributed by atoms with van der Waals surface area (Å²) >= 11 is 0. The molecular weight excluding hydrogens is 323 g/mol. The van der Waals surface area contributed by atoms with Crippen LogP contribution in [0.15, 0.2) is 24.3 Å². The number of carbonyl (C=O) groups is 2. The highest BCUT2D eigenvalue weighted by Gasteiger charge is 2.44. The molecule has 3 rings (SSSR count). The van der Waals surface area contributed by atoms with E-state index in [2.05, 4.69) is 0 Å². The van der Waals surface area contributed by atoms with Gasteiger partial charge in [0.25, 0.3) is 0 Å². The molecule has 0 aromatic heterocycles. The van der Waals surface area contributed by atoms with Crippen molar-refractivity contribution in [1.29, 1.82) is 0 Å². The molecule has 0 bridgehead atoms. The molecule has 2 aliphatic heterocycles.